The molecule has 1 heterocycles. The van der Waals surface area contributed by atoms with E-state index in [4.69, 9.17) is 0 Å². The van der Waals surface area contributed by atoms with Crippen molar-refractivity contribution in [1.82, 2.24) is 9.88 Å². The van der Waals surface area contributed by atoms with Crippen LogP contribution in [-0.4, -0.2) is 4.57 Å². The number of hydrogen-bond donors (Lipinski definition) is 1. The molecule has 3 heteroatoms. The van der Waals surface area contributed by atoms with Gasteiger partial charge in [0, 0.05) is 31.5 Å². The van der Waals surface area contributed by atoms with Gasteiger partial charge in [0.15, 0.2) is 0 Å². The number of hydrogen-bond acceptors (Lipinski definition) is 1. The molecule has 1 aromatic heterocycles. The van der Waals surface area contributed by atoms with Crippen LogP contribution in [0.4, 0.5) is 0 Å². The highest BCUT2D eigenvalue weighted by Crippen LogP contribution is 2.12. The van der Waals surface area contributed by atoms with Crippen molar-refractivity contribution in [2.45, 2.75) is 19.5 Å². The van der Waals surface area contributed by atoms with Crippen molar-refractivity contribution in [3.8, 4) is 0 Å². The van der Waals surface area contributed by atoms with Crippen molar-refractivity contribution in [3.63, 3.8) is 0 Å². The zero-order chi connectivity index (χ0) is 11.4. The van der Waals surface area contributed by atoms with Crippen LogP contribution in [0.3, 0.4) is 0 Å². The Kier molecular flexibility index (Phi) is 5.26. The Balaban J connectivity index is 0.00000144. The number of aromatic nitrogens is 1. The van der Waals surface area contributed by atoms with Crippen molar-refractivity contribution in [1.29, 1.82) is 0 Å². The molecule has 0 amide bonds. The molecule has 2 rings (SSSR count). The zero-order valence-corrected chi connectivity index (χ0v) is 11.0. The molecule has 0 fully saturated rings. The molecule has 0 aliphatic carbocycles. The summed E-state index contributed by atoms with van der Waals surface area (Å²) in [6.45, 7) is 3.10. The van der Waals surface area contributed by atoms with Gasteiger partial charge < -0.3 is 22.3 Å². The average Bonchev–Trinajstić information content (AvgIpc) is 2.73. The number of aryl methyl sites for hydroxylation is 1. The minimum atomic E-state index is 0. The van der Waals surface area contributed by atoms with Crippen molar-refractivity contribution in [3.05, 3.63) is 59.9 Å². The lowest BCUT2D eigenvalue weighted by atomic mass is 10.1. The lowest BCUT2D eigenvalue weighted by Gasteiger charge is -2.14. The first-order valence-electron chi connectivity index (χ1n) is 5.66. The van der Waals surface area contributed by atoms with E-state index in [1.807, 2.05) is 6.07 Å². The molecule has 1 atom stereocenters. The average molecular weight is 250 g/mol. The lowest BCUT2D eigenvalue weighted by molar-refractivity contribution is -0.00000343. The first-order chi connectivity index (χ1) is 7.77. The van der Waals surface area contributed by atoms with E-state index in [1.54, 1.807) is 0 Å². The van der Waals surface area contributed by atoms with Gasteiger partial charge >= 0.3 is 0 Å². The molecule has 1 aromatic carbocycles. The van der Waals surface area contributed by atoms with E-state index in [9.17, 15) is 0 Å². The Labute approximate surface area is 109 Å². The van der Waals surface area contributed by atoms with Crippen LogP contribution in [0, 0.1) is 0 Å². The van der Waals surface area contributed by atoms with Crippen LogP contribution in [0.1, 0.15) is 24.2 Å². The summed E-state index contributed by atoms with van der Waals surface area (Å²) in [6.07, 6.45) is 2.07. The quantitative estimate of drug-likeness (QED) is 0.800. The van der Waals surface area contributed by atoms with Gasteiger partial charge in [-0.05, 0) is 24.6 Å². The summed E-state index contributed by atoms with van der Waals surface area (Å²) in [6, 6.07) is 15.1. The molecule has 0 saturated carbocycles. The number of rotatable bonds is 4. The van der Waals surface area contributed by atoms with Crippen LogP contribution in [0.15, 0.2) is 48.7 Å². The van der Waals surface area contributed by atoms with Crippen molar-refractivity contribution in [2.75, 3.05) is 0 Å². The molecule has 2 aromatic rings. The third-order valence-electron chi connectivity index (χ3n) is 2.94. The predicted octanol–water partition coefficient (Wildman–Crippen LogP) is -0.120. The van der Waals surface area contributed by atoms with Crippen LogP contribution in [0.25, 0.3) is 0 Å². The molecular formula is C14H18ClN2-. The molecular weight excluding hydrogens is 232 g/mol. The minimum absolute atomic E-state index is 0. The lowest BCUT2D eigenvalue weighted by Crippen LogP contribution is -3.00. The zero-order valence-electron chi connectivity index (χ0n) is 10.2. The molecule has 0 bridgehead atoms. The Morgan fingerprint density at radius 2 is 1.82 bits per heavy atom. The highest BCUT2D eigenvalue weighted by atomic mass is 35.5. The van der Waals surface area contributed by atoms with Gasteiger partial charge in [0.05, 0.1) is 0 Å². The van der Waals surface area contributed by atoms with E-state index in [2.05, 4.69) is 66.5 Å². The topological polar surface area (TPSA) is 17.0 Å². The van der Waals surface area contributed by atoms with E-state index >= 15 is 0 Å². The largest absolute Gasteiger partial charge is 1.00 e. The Bertz CT molecular complexity index is 436. The normalized spacial score (nSPS) is 11.9. The molecule has 0 aliphatic heterocycles. The molecule has 17 heavy (non-hydrogen) atoms. The Morgan fingerprint density at radius 1 is 1.12 bits per heavy atom. The molecule has 0 spiro atoms. The van der Waals surface area contributed by atoms with Crippen molar-refractivity contribution >= 4 is 0 Å². The third-order valence-corrected chi connectivity index (χ3v) is 2.94. The van der Waals surface area contributed by atoms with Crippen LogP contribution < -0.4 is 17.7 Å². The fourth-order valence-corrected chi connectivity index (χ4v) is 1.80. The maximum Gasteiger partial charge on any atom is 0.0364 e. The number of benzene rings is 1. The maximum atomic E-state index is 3.52. The number of nitrogens with zero attached hydrogens (tertiary/aromatic N) is 1. The van der Waals surface area contributed by atoms with E-state index in [1.165, 1.54) is 11.3 Å². The first-order valence-corrected chi connectivity index (χ1v) is 5.66. The highest BCUT2D eigenvalue weighted by molar-refractivity contribution is 5.18. The van der Waals surface area contributed by atoms with Crippen LogP contribution in [0.5, 0.6) is 0 Å². The van der Waals surface area contributed by atoms with Gasteiger partial charge in [0.2, 0.25) is 0 Å². The van der Waals surface area contributed by atoms with Crippen LogP contribution >= 0.6 is 0 Å². The molecule has 1 unspecified atom stereocenters. The SMILES string of the molecule is CC(NCc1cccn1C)c1ccccc1.[Cl-]. The standard InChI is InChI=1S/C14H18N2.ClH/c1-12(13-7-4-3-5-8-13)15-11-14-9-6-10-16(14)2;/h3-10,12,15H,11H2,1-2H3;1H/p-1. The summed E-state index contributed by atoms with van der Waals surface area (Å²) in [5, 5.41) is 3.52. The summed E-state index contributed by atoms with van der Waals surface area (Å²) < 4.78 is 2.14. The van der Waals surface area contributed by atoms with E-state index in [-0.39, 0.29) is 12.4 Å². The highest BCUT2D eigenvalue weighted by Gasteiger charge is 2.04. The van der Waals surface area contributed by atoms with Gasteiger partial charge in [-0.1, -0.05) is 30.3 Å². The van der Waals surface area contributed by atoms with Gasteiger partial charge in [-0.25, -0.2) is 0 Å². The fraction of sp³-hybridized carbons (Fsp3) is 0.286. The van der Waals surface area contributed by atoms with Crippen molar-refractivity contribution in [2.24, 2.45) is 7.05 Å². The van der Waals surface area contributed by atoms with Crippen LogP contribution in [-0.2, 0) is 13.6 Å². The summed E-state index contributed by atoms with van der Waals surface area (Å²) in [5.74, 6) is 0. The molecule has 0 saturated heterocycles. The van der Waals surface area contributed by atoms with Crippen molar-refractivity contribution < 1.29 is 12.4 Å². The minimum Gasteiger partial charge on any atom is -1.00 e. The number of halogens is 1. The van der Waals surface area contributed by atoms with Gasteiger partial charge in [-0.3, -0.25) is 0 Å². The van der Waals surface area contributed by atoms with Gasteiger partial charge in [-0.2, -0.15) is 0 Å². The number of nitrogens with one attached hydrogen (secondary N) is 1. The summed E-state index contributed by atoms with van der Waals surface area (Å²) in [7, 11) is 2.07. The van der Waals surface area contributed by atoms with E-state index < -0.39 is 0 Å². The Morgan fingerprint density at radius 3 is 2.41 bits per heavy atom. The Hall–Kier alpha value is -1.25. The maximum absolute atomic E-state index is 3.52. The van der Waals surface area contributed by atoms with Crippen LogP contribution in [0.2, 0.25) is 0 Å². The summed E-state index contributed by atoms with van der Waals surface area (Å²) >= 11 is 0. The molecule has 1 N–H and O–H groups in total. The smallest absolute Gasteiger partial charge is 0.0364 e. The van der Waals surface area contributed by atoms with E-state index in [0.717, 1.165) is 6.54 Å². The monoisotopic (exact) mass is 249 g/mol. The summed E-state index contributed by atoms with van der Waals surface area (Å²) in [4.78, 5) is 0. The second-order valence-corrected chi connectivity index (χ2v) is 4.12. The van der Waals surface area contributed by atoms with Gasteiger partial charge in [0.1, 0.15) is 0 Å². The van der Waals surface area contributed by atoms with E-state index in [0.29, 0.717) is 6.04 Å². The van der Waals surface area contributed by atoms with Gasteiger partial charge in [0.25, 0.3) is 0 Å². The third kappa shape index (κ3) is 3.62. The summed E-state index contributed by atoms with van der Waals surface area (Å²) in [5.41, 5.74) is 2.64. The molecule has 2 nitrogen and oxygen atoms in total. The first kappa shape index (κ1) is 13.8. The molecule has 92 valence electrons. The second-order valence-electron chi connectivity index (χ2n) is 4.12. The second kappa shape index (κ2) is 6.48. The fourth-order valence-electron chi connectivity index (χ4n) is 1.80. The van der Waals surface area contributed by atoms with Gasteiger partial charge in [-0.15, -0.1) is 0 Å². The predicted molar refractivity (Wildman–Crippen MR) is 67.1 cm³/mol. The molecule has 0 aliphatic rings. The molecule has 0 radical (unpaired) electrons.